The molecule has 0 atom stereocenters. The van der Waals surface area contributed by atoms with Gasteiger partial charge in [-0.15, -0.1) is 0 Å². The van der Waals surface area contributed by atoms with Gasteiger partial charge in [-0.05, 0) is 29.8 Å². The largest absolute Gasteiger partial charge is 1.00 e. The maximum Gasteiger partial charge on any atom is 1.00 e. The molecule has 4 aromatic rings. The van der Waals surface area contributed by atoms with Crippen LogP contribution < -0.4 is 44.7 Å². The zero-order chi connectivity index (χ0) is 21.1. The molecular weight excluding hydrogens is 405 g/mol. The molecule has 0 aliphatic rings. The maximum atomic E-state index is 11.0. The molecule has 31 heavy (non-hydrogen) atoms. The van der Waals surface area contributed by atoms with Gasteiger partial charge >= 0.3 is 35.6 Å². The normalized spacial score (nSPS) is 11.0. The van der Waals surface area contributed by atoms with Gasteiger partial charge in [-0.2, -0.15) is 0 Å². The van der Waals surface area contributed by atoms with E-state index in [2.05, 4.69) is 25.3 Å². The maximum absolute atomic E-state index is 11.0. The molecule has 2 aromatic carbocycles. The SMILES string of the molecule is CC(C)(COc1ncc(-c2ccc(Nc3nc4ccccc4[nH]3)cc2)cn1)C(=O)[O-].[Na+]. The molecule has 0 aliphatic carbocycles. The molecule has 0 saturated carbocycles. The molecule has 2 N–H and O–H groups in total. The van der Waals surface area contributed by atoms with Crippen LogP contribution in [0.4, 0.5) is 11.6 Å². The van der Waals surface area contributed by atoms with Crippen LogP contribution in [0.25, 0.3) is 22.2 Å². The topological polar surface area (TPSA) is 116 Å². The number of hydrogen-bond donors (Lipinski definition) is 2. The van der Waals surface area contributed by atoms with Crippen LogP contribution in [0, 0.1) is 5.41 Å². The molecule has 0 aliphatic heterocycles. The number of imidazole rings is 1. The molecule has 0 saturated heterocycles. The van der Waals surface area contributed by atoms with E-state index in [0.717, 1.165) is 27.8 Å². The molecule has 152 valence electrons. The summed E-state index contributed by atoms with van der Waals surface area (Å²) in [4.78, 5) is 27.1. The predicted octanol–water partition coefficient (Wildman–Crippen LogP) is -0.0776. The van der Waals surface area contributed by atoms with E-state index in [9.17, 15) is 9.90 Å². The summed E-state index contributed by atoms with van der Waals surface area (Å²) in [6.07, 6.45) is 3.27. The van der Waals surface area contributed by atoms with Gasteiger partial charge in [-0.25, -0.2) is 15.0 Å². The summed E-state index contributed by atoms with van der Waals surface area (Å²) in [6.45, 7) is 2.98. The van der Waals surface area contributed by atoms with Gasteiger partial charge in [-0.3, -0.25) is 0 Å². The third-order valence-electron chi connectivity index (χ3n) is 4.61. The first kappa shape index (κ1) is 22.7. The number of aromatic amines is 1. The molecule has 0 bridgehead atoms. The van der Waals surface area contributed by atoms with Crippen LogP contribution in [-0.2, 0) is 4.79 Å². The van der Waals surface area contributed by atoms with Crippen LogP contribution in [0.3, 0.4) is 0 Å². The number of fused-ring (bicyclic) bond motifs is 1. The van der Waals surface area contributed by atoms with Crippen LogP contribution >= 0.6 is 0 Å². The average Bonchev–Trinajstić information content (AvgIpc) is 3.15. The van der Waals surface area contributed by atoms with E-state index in [1.807, 2.05) is 48.5 Å². The van der Waals surface area contributed by atoms with Gasteiger partial charge in [0, 0.05) is 29.1 Å². The Labute approximate surface area is 201 Å². The van der Waals surface area contributed by atoms with Crippen LogP contribution in [0.2, 0.25) is 0 Å². The molecule has 0 amide bonds. The predicted molar refractivity (Wildman–Crippen MR) is 111 cm³/mol. The summed E-state index contributed by atoms with van der Waals surface area (Å²) in [6, 6.07) is 15.7. The number of anilines is 2. The Morgan fingerprint density at radius 1 is 1.06 bits per heavy atom. The molecule has 2 heterocycles. The number of aliphatic carboxylic acids is 1. The summed E-state index contributed by atoms with van der Waals surface area (Å²) in [5, 5.41) is 14.3. The molecule has 9 heteroatoms. The van der Waals surface area contributed by atoms with Crippen molar-refractivity contribution in [3.63, 3.8) is 0 Å². The Morgan fingerprint density at radius 3 is 2.39 bits per heavy atom. The van der Waals surface area contributed by atoms with Crippen molar-refractivity contribution in [2.75, 3.05) is 11.9 Å². The first-order valence-electron chi connectivity index (χ1n) is 9.39. The minimum Gasteiger partial charge on any atom is -0.549 e. The van der Waals surface area contributed by atoms with Crippen molar-refractivity contribution in [2.24, 2.45) is 5.41 Å². The van der Waals surface area contributed by atoms with Crippen molar-refractivity contribution in [1.29, 1.82) is 0 Å². The smallest absolute Gasteiger partial charge is 0.549 e. The second-order valence-electron chi connectivity index (χ2n) is 7.52. The Hall–Kier alpha value is -2.94. The summed E-state index contributed by atoms with van der Waals surface area (Å²) in [5.74, 6) is -0.510. The van der Waals surface area contributed by atoms with Crippen molar-refractivity contribution < 1.29 is 44.2 Å². The number of carbonyl (C=O) groups is 1. The van der Waals surface area contributed by atoms with Crippen LogP contribution in [0.15, 0.2) is 60.9 Å². The summed E-state index contributed by atoms with van der Waals surface area (Å²) >= 11 is 0. The molecule has 0 unspecified atom stereocenters. The zero-order valence-electron chi connectivity index (χ0n) is 17.5. The Bertz CT molecular complexity index is 1140. The van der Waals surface area contributed by atoms with Gasteiger partial charge < -0.3 is 24.9 Å². The first-order valence-corrected chi connectivity index (χ1v) is 9.39. The number of para-hydroxylation sites is 2. The number of carbonyl (C=O) groups excluding carboxylic acids is 1. The number of carboxylic acid groups (broad SMARTS) is 1. The standard InChI is InChI=1S/C22H21N5O3.Na/c1-22(2,19(28)29)13-30-21-23-11-15(12-24-21)14-7-9-16(10-8-14)25-20-26-17-5-3-4-6-18(17)27-20;/h3-12H,13H2,1-2H3,(H,28,29)(H2,25,26,27);/q;+1/p-1. The van der Waals surface area contributed by atoms with Gasteiger partial charge in [0.05, 0.1) is 17.0 Å². The Kier molecular flexibility index (Phi) is 6.94. The van der Waals surface area contributed by atoms with Crippen LogP contribution in [-0.4, -0.2) is 32.5 Å². The first-order chi connectivity index (χ1) is 14.4. The summed E-state index contributed by atoms with van der Waals surface area (Å²) in [5.41, 5.74) is 3.40. The van der Waals surface area contributed by atoms with E-state index in [1.54, 1.807) is 12.4 Å². The van der Waals surface area contributed by atoms with Crippen molar-refractivity contribution in [3.8, 4) is 17.1 Å². The molecule has 0 radical (unpaired) electrons. The van der Waals surface area contributed by atoms with E-state index >= 15 is 0 Å². The van der Waals surface area contributed by atoms with Gasteiger partial charge in [0.1, 0.15) is 6.61 Å². The van der Waals surface area contributed by atoms with E-state index in [0.29, 0.717) is 5.95 Å². The van der Waals surface area contributed by atoms with E-state index in [-0.39, 0.29) is 42.2 Å². The van der Waals surface area contributed by atoms with E-state index in [1.165, 1.54) is 13.8 Å². The fourth-order valence-electron chi connectivity index (χ4n) is 2.74. The summed E-state index contributed by atoms with van der Waals surface area (Å²) in [7, 11) is 0. The Morgan fingerprint density at radius 2 is 1.74 bits per heavy atom. The van der Waals surface area contributed by atoms with Crippen molar-refractivity contribution in [3.05, 3.63) is 60.9 Å². The molecule has 0 fully saturated rings. The van der Waals surface area contributed by atoms with Gasteiger partial charge in [0.25, 0.3) is 0 Å². The number of nitrogens with zero attached hydrogens (tertiary/aromatic N) is 3. The monoisotopic (exact) mass is 425 g/mol. The van der Waals surface area contributed by atoms with Crippen molar-refractivity contribution >= 4 is 28.6 Å². The fourth-order valence-corrected chi connectivity index (χ4v) is 2.74. The Balaban J connectivity index is 0.00000272. The van der Waals surface area contributed by atoms with Crippen molar-refractivity contribution in [1.82, 2.24) is 19.9 Å². The molecule has 8 nitrogen and oxygen atoms in total. The van der Waals surface area contributed by atoms with Crippen LogP contribution in [0.5, 0.6) is 6.01 Å². The van der Waals surface area contributed by atoms with Crippen LogP contribution in [0.1, 0.15) is 13.8 Å². The quantitative estimate of drug-likeness (QED) is 0.398. The number of ether oxygens (including phenoxy) is 1. The third kappa shape index (κ3) is 5.41. The number of H-pyrrole nitrogens is 1. The minimum atomic E-state index is -1.18. The van der Waals surface area contributed by atoms with E-state index in [4.69, 9.17) is 4.74 Å². The number of hydrogen-bond acceptors (Lipinski definition) is 7. The average molecular weight is 425 g/mol. The third-order valence-corrected chi connectivity index (χ3v) is 4.61. The number of carboxylic acids is 1. The number of benzene rings is 2. The van der Waals surface area contributed by atoms with Crippen molar-refractivity contribution in [2.45, 2.75) is 13.8 Å². The fraction of sp³-hybridized carbons (Fsp3) is 0.182. The number of nitrogens with one attached hydrogen (secondary N) is 2. The second kappa shape index (κ2) is 9.47. The second-order valence-corrected chi connectivity index (χ2v) is 7.52. The van der Waals surface area contributed by atoms with Gasteiger partial charge in [0.15, 0.2) is 0 Å². The molecular formula is C22H20N5NaO3. The number of aromatic nitrogens is 4. The molecule has 2 aromatic heterocycles. The van der Waals surface area contributed by atoms with Gasteiger partial charge in [-0.1, -0.05) is 38.1 Å². The van der Waals surface area contributed by atoms with E-state index < -0.39 is 11.4 Å². The zero-order valence-corrected chi connectivity index (χ0v) is 19.5. The summed E-state index contributed by atoms with van der Waals surface area (Å²) < 4.78 is 5.37. The minimum absolute atomic E-state index is 0. The number of rotatable bonds is 7. The molecule has 4 rings (SSSR count). The van der Waals surface area contributed by atoms with Gasteiger partial charge in [0.2, 0.25) is 5.95 Å². The molecule has 0 spiro atoms.